The second kappa shape index (κ2) is 9.06. The van der Waals surface area contributed by atoms with Gasteiger partial charge in [-0.2, -0.15) is 14.9 Å². The summed E-state index contributed by atoms with van der Waals surface area (Å²) in [6.07, 6.45) is 1.53. The molecule has 0 spiro atoms. The highest BCUT2D eigenvalue weighted by Crippen LogP contribution is 2.31. The van der Waals surface area contributed by atoms with Gasteiger partial charge >= 0.3 is 0 Å². The molecule has 0 radical (unpaired) electrons. The minimum Gasteiger partial charge on any atom is -0.484 e. The summed E-state index contributed by atoms with van der Waals surface area (Å²) in [4.78, 5) is 0. The summed E-state index contributed by atoms with van der Waals surface area (Å²) < 4.78 is 13.3. The first-order valence-electron chi connectivity index (χ1n) is 8.64. The first-order valence-corrected chi connectivity index (χ1v) is 10.2. The molecule has 2 heterocycles. The molecule has 6 nitrogen and oxygen atoms in total. The summed E-state index contributed by atoms with van der Waals surface area (Å²) >= 11 is 23.5. The number of benzene rings is 2. The number of nitrogens with one attached hydrogen (secondary N) is 1. The standard InChI is InChI=1S/C20H13Cl3N4O2S/c21-12-5-7-14(16(23)9-12)17-8-6-13(29-17)10-24-27-19(25-26-20(27)30)11-28-18-4-2-1-3-15(18)22/h1-10H,11H2,(H,26,30)/b24-10+. The predicted molar refractivity (Wildman–Crippen MR) is 120 cm³/mol. The summed E-state index contributed by atoms with van der Waals surface area (Å²) in [5.74, 6) is 2.12. The zero-order valence-corrected chi connectivity index (χ0v) is 18.3. The van der Waals surface area contributed by atoms with Gasteiger partial charge in [-0.05, 0) is 54.7 Å². The molecule has 4 aromatic rings. The molecule has 0 atom stereocenters. The third-order valence-corrected chi connectivity index (χ3v) is 5.16. The van der Waals surface area contributed by atoms with Crippen LogP contribution in [0.3, 0.4) is 0 Å². The molecule has 0 aliphatic carbocycles. The Bertz CT molecular complexity index is 1280. The average molecular weight is 480 g/mol. The van der Waals surface area contributed by atoms with Crippen molar-refractivity contribution >= 4 is 53.2 Å². The molecule has 2 aromatic carbocycles. The van der Waals surface area contributed by atoms with Gasteiger partial charge in [0, 0.05) is 10.6 Å². The fraction of sp³-hybridized carbons (Fsp3) is 0.0500. The first kappa shape index (κ1) is 20.7. The van der Waals surface area contributed by atoms with E-state index in [1.165, 1.54) is 10.9 Å². The van der Waals surface area contributed by atoms with Gasteiger partial charge in [-0.15, -0.1) is 0 Å². The third kappa shape index (κ3) is 4.60. The lowest BCUT2D eigenvalue weighted by atomic mass is 10.2. The molecule has 0 saturated carbocycles. The van der Waals surface area contributed by atoms with Gasteiger partial charge in [-0.3, -0.25) is 0 Å². The van der Waals surface area contributed by atoms with E-state index in [0.29, 0.717) is 42.9 Å². The molecule has 1 N–H and O–H groups in total. The number of hydrogen-bond donors (Lipinski definition) is 1. The van der Waals surface area contributed by atoms with Crippen molar-refractivity contribution in [3.8, 4) is 17.1 Å². The van der Waals surface area contributed by atoms with E-state index >= 15 is 0 Å². The summed E-state index contributed by atoms with van der Waals surface area (Å²) in [5, 5.41) is 12.7. The molecular weight excluding hydrogens is 467 g/mol. The topological polar surface area (TPSA) is 68.3 Å². The molecule has 10 heteroatoms. The molecule has 0 aliphatic heterocycles. The van der Waals surface area contributed by atoms with Crippen molar-refractivity contribution in [2.45, 2.75) is 6.61 Å². The minimum absolute atomic E-state index is 0.123. The number of aromatic amines is 1. The quantitative estimate of drug-likeness (QED) is 0.249. The van der Waals surface area contributed by atoms with E-state index in [1.807, 2.05) is 12.1 Å². The van der Waals surface area contributed by atoms with Crippen molar-refractivity contribution in [2.75, 3.05) is 0 Å². The van der Waals surface area contributed by atoms with Crippen LogP contribution in [-0.2, 0) is 6.61 Å². The lowest BCUT2D eigenvalue weighted by Gasteiger charge is -2.06. The Morgan fingerprint density at radius 2 is 1.93 bits per heavy atom. The maximum atomic E-state index is 6.24. The lowest BCUT2D eigenvalue weighted by Crippen LogP contribution is -2.04. The van der Waals surface area contributed by atoms with Gasteiger partial charge in [-0.1, -0.05) is 46.9 Å². The third-order valence-electron chi connectivity index (χ3n) is 4.03. The summed E-state index contributed by atoms with van der Waals surface area (Å²) in [6.45, 7) is 0.123. The van der Waals surface area contributed by atoms with Gasteiger partial charge in [0.15, 0.2) is 5.82 Å². The second-order valence-electron chi connectivity index (χ2n) is 6.05. The predicted octanol–water partition coefficient (Wildman–Crippen LogP) is 6.62. The Kier molecular flexibility index (Phi) is 6.24. The van der Waals surface area contributed by atoms with Crippen LogP contribution in [0.1, 0.15) is 11.6 Å². The van der Waals surface area contributed by atoms with Crippen molar-refractivity contribution < 1.29 is 9.15 Å². The molecule has 4 rings (SSSR count). The van der Waals surface area contributed by atoms with Gasteiger partial charge in [0.05, 0.1) is 16.3 Å². The maximum absolute atomic E-state index is 6.24. The molecule has 30 heavy (non-hydrogen) atoms. The van der Waals surface area contributed by atoms with Crippen LogP contribution in [-0.4, -0.2) is 21.1 Å². The molecule has 2 aromatic heterocycles. The van der Waals surface area contributed by atoms with Crippen molar-refractivity contribution in [1.29, 1.82) is 0 Å². The van der Waals surface area contributed by atoms with E-state index < -0.39 is 0 Å². The smallest absolute Gasteiger partial charge is 0.216 e. The van der Waals surface area contributed by atoms with Crippen LogP contribution < -0.4 is 4.74 Å². The van der Waals surface area contributed by atoms with E-state index in [4.69, 9.17) is 56.2 Å². The Balaban J connectivity index is 1.52. The maximum Gasteiger partial charge on any atom is 0.216 e. The van der Waals surface area contributed by atoms with Gasteiger partial charge < -0.3 is 9.15 Å². The van der Waals surface area contributed by atoms with E-state index in [0.717, 1.165) is 5.56 Å². The highest BCUT2D eigenvalue weighted by atomic mass is 35.5. The monoisotopic (exact) mass is 478 g/mol. The molecule has 0 fully saturated rings. The number of para-hydroxylation sites is 1. The normalized spacial score (nSPS) is 11.3. The number of H-pyrrole nitrogens is 1. The van der Waals surface area contributed by atoms with Gasteiger partial charge in [-0.25, -0.2) is 5.10 Å². The van der Waals surface area contributed by atoms with Crippen molar-refractivity contribution in [3.05, 3.63) is 86.0 Å². The molecule has 0 amide bonds. The van der Waals surface area contributed by atoms with Crippen LogP contribution >= 0.6 is 47.0 Å². The van der Waals surface area contributed by atoms with Gasteiger partial charge in [0.2, 0.25) is 4.77 Å². The van der Waals surface area contributed by atoms with Crippen LogP contribution in [0.15, 0.2) is 64.1 Å². The van der Waals surface area contributed by atoms with Crippen LogP contribution in [0.2, 0.25) is 15.1 Å². The molecular formula is C20H13Cl3N4O2S. The number of halogens is 3. The van der Waals surface area contributed by atoms with Crippen LogP contribution in [0.4, 0.5) is 0 Å². The van der Waals surface area contributed by atoms with E-state index in [2.05, 4.69) is 15.3 Å². The van der Waals surface area contributed by atoms with E-state index in [1.54, 1.807) is 42.5 Å². The number of rotatable bonds is 6. The fourth-order valence-electron chi connectivity index (χ4n) is 2.61. The summed E-state index contributed by atoms with van der Waals surface area (Å²) in [5.41, 5.74) is 0.731. The Hall–Kier alpha value is -2.58. The minimum atomic E-state index is 0.123. The first-order chi connectivity index (χ1) is 14.5. The zero-order valence-electron chi connectivity index (χ0n) is 15.2. The Morgan fingerprint density at radius 3 is 2.73 bits per heavy atom. The van der Waals surface area contributed by atoms with Gasteiger partial charge in [0.1, 0.15) is 23.9 Å². The van der Waals surface area contributed by atoms with Crippen molar-refractivity contribution in [2.24, 2.45) is 5.10 Å². The van der Waals surface area contributed by atoms with Crippen molar-refractivity contribution in [1.82, 2.24) is 14.9 Å². The molecule has 0 saturated heterocycles. The summed E-state index contributed by atoms with van der Waals surface area (Å²) in [7, 11) is 0. The van der Waals surface area contributed by atoms with Crippen LogP contribution in [0.5, 0.6) is 5.75 Å². The molecule has 0 unspecified atom stereocenters. The highest BCUT2D eigenvalue weighted by molar-refractivity contribution is 7.71. The Morgan fingerprint density at radius 1 is 1.10 bits per heavy atom. The van der Waals surface area contributed by atoms with E-state index in [9.17, 15) is 0 Å². The largest absolute Gasteiger partial charge is 0.484 e. The number of hydrogen-bond acceptors (Lipinski definition) is 5. The van der Waals surface area contributed by atoms with Crippen LogP contribution in [0, 0.1) is 4.77 Å². The molecule has 0 aliphatic rings. The zero-order chi connectivity index (χ0) is 21.1. The number of ether oxygens (including phenoxy) is 1. The fourth-order valence-corrected chi connectivity index (χ4v) is 3.50. The SMILES string of the molecule is S=c1[nH]nc(COc2ccccc2Cl)n1/N=C/c1ccc(-c2ccc(Cl)cc2Cl)o1. The second-order valence-corrected chi connectivity index (χ2v) is 7.68. The molecule has 152 valence electrons. The lowest BCUT2D eigenvalue weighted by molar-refractivity contribution is 0.291. The van der Waals surface area contributed by atoms with Crippen LogP contribution in [0.25, 0.3) is 11.3 Å². The average Bonchev–Trinajstić information content (AvgIpc) is 3.32. The van der Waals surface area contributed by atoms with E-state index in [-0.39, 0.29) is 6.61 Å². The molecule has 0 bridgehead atoms. The summed E-state index contributed by atoms with van der Waals surface area (Å²) in [6, 6.07) is 15.9. The van der Waals surface area contributed by atoms with Crippen molar-refractivity contribution in [3.63, 3.8) is 0 Å². The number of furan rings is 1. The highest BCUT2D eigenvalue weighted by Gasteiger charge is 2.10. The number of nitrogens with zero attached hydrogens (tertiary/aromatic N) is 3. The Labute approximate surface area is 191 Å². The number of aromatic nitrogens is 3. The van der Waals surface area contributed by atoms with Gasteiger partial charge in [0.25, 0.3) is 0 Å².